The molecular formula is C25H31FN2O3S. The molecule has 172 valence electrons. The minimum absolute atomic E-state index is 0.0349. The normalized spacial score (nSPS) is 17.9. The molecule has 2 heterocycles. The van der Waals surface area contributed by atoms with Crippen LogP contribution >= 0.6 is 11.3 Å². The lowest BCUT2D eigenvalue weighted by atomic mass is 10.00. The average Bonchev–Trinajstić information content (AvgIpc) is 3.52. The maximum absolute atomic E-state index is 13.4. The lowest BCUT2D eigenvalue weighted by Crippen LogP contribution is -2.48. The zero-order chi connectivity index (χ0) is 22.7. The van der Waals surface area contributed by atoms with E-state index in [9.17, 15) is 14.0 Å². The van der Waals surface area contributed by atoms with Gasteiger partial charge < -0.3 is 14.5 Å². The summed E-state index contributed by atoms with van der Waals surface area (Å²) in [5, 5.41) is 2.05. The molecule has 1 aliphatic heterocycles. The largest absolute Gasteiger partial charge is 0.491 e. The Bertz CT molecular complexity index is 939. The minimum atomic E-state index is -0.311. The first-order valence-corrected chi connectivity index (χ1v) is 12.3. The Labute approximate surface area is 193 Å². The van der Waals surface area contributed by atoms with E-state index >= 15 is 0 Å². The summed E-state index contributed by atoms with van der Waals surface area (Å²) in [7, 11) is 0. The van der Waals surface area contributed by atoms with Crippen LogP contribution in [0.25, 0.3) is 0 Å². The Morgan fingerprint density at radius 3 is 2.66 bits per heavy atom. The van der Waals surface area contributed by atoms with Gasteiger partial charge in [-0.05, 0) is 72.9 Å². The number of thiophene rings is 1. The van der Waals surface area contributed by atoms with Crippen molar-refractivity contribution in [1.82, 2.24) is 9.80 Å². The highest BCUT2D eigenvalue weighted by Gasteiger charge is 2.37. The van der Waals surface area contributed by atoms with Crippen LogP contribution < -0.4 is 4.74 Å². The lowest BCUT2D eigenvalue weighted by molar-refractivity contribution is -0.143. The second kappa shape index (κ2) is 10.0. The summed E-state index contributed by atoms with van der Waals surface area (Å²) >= 11 is 1.70. The molecule has 0 bridgehead atoms. The summed E-state index contributed by atoms with van der Waals surface area (Å²) in [4.78, 5) is 31.1. The SMILES string of the molecule is CC(C)CCN(CC(=O)N1CCc2sccc2[C@@H]1COc1ccc(F)cc1)C(=O)C1CC1. The van der Waals surface area contributed by atoms with Crippen molar-refractivity contribution in [3.63, 3.8) is 0 Å². The summed E-state index contributed by atoms with van der Waals surface area (Å²) in [6, 6.07) is 7.77. The molecule has 0 saturated heterocycles. The first kappa shape index (κ1) is 22.8. The van der Waals surface area contributed by atoms with Crippen LogP contribution in [0.3, 0.4) is 0 Å². The molecule has 1 saturated carbocycles. The van der Waals surface area contributed by atoms with E-state index in [1.807, 2.05) is 4.90 Å². The van der Waals surface area contributed by atoms with Crippen LogP contribution in [0.2, 0.25) is 0 Å². The average molecular weight is 459 g/mol. The first-order valence-electron chi connectivity index (χ1n) is 11.4. The molecule has 32 heavy (non-hydrogen) atoms. The number of amides is 2. The van der Waals surface area contributed by atoms with Gasteiger partial charge in [-0.15, -0.1) is 11.3 Å². The lowest BCUT2D eigenvalue weighted by Gasteiger charge is -2.37. The molecule has 2 amide bonds. The van der Waals surface area contributed by atoms with E-state index in [2.05, 4.69) is 25.3 Å². The fourth-order valence-corrected chi connectivity index (χ4v) is 5.03. The van der Waals surface area contributed by atoms with E-state index < -0.39 is 0 Å². The molecular weight excluding hydrogens is 427 g/mol. The van der Waals surface area contributed by atoms with E-state index in [0.717, 1.165) is 31.2 Å². The molecule has 1 atom stereocenters. The standard InChI is InChI=1S/C25H31FN2O3S/c1-17(2)9-12-27(25(30)18-3-4-18)15-24(29)28-13-10-23-21(11-14-32-23)22(28)16-31-20-7-5-19(26)6-8-20/h5-8,11,14,17-18,22H,3-4,9-10,12-13,15-16H2,1-2H3/t22-/m0/s1. The molecule has 7 heteroatoms. The van der Waals surface area contributed by atoms with Gasteiger partial charge in [0.05, 0.1) is 12.6 Å². The van der Waals surface area contributed by atoms with Gasteiger partial charge in [0.2, 0.25) is 11.8 Å². The predicted molar refractivity (Wildman–Crippen MR) is 123 cm³/mol. The topological polar surface area (TPSA) is 49.9 Å². The van der Waals surface area contributed by atoms with Crippen molar-refractivity contribution in [1.29, 1.82) is 0 Å². The molecule has 2 aliphatic rings. The number of carbonyl (C=O) groups excluding carboxylic acids is 2. The van der Waals surface area contributed by atoms with Crippen molar-refractivity contribution in [2.45, 2.75) is 45.6 Å². The molecule has 0 N–H and O–H groups in total. The number of halogens is 1. The van der Waals surface area contributed by atoms with Gasteiger partial charge in [0.25, 0.3) is 0 Å². The molecule has 0 radical (unpaired) electrons. The zero-order valence-electron chi connectivity index (χ0n) is 18.8. The third-order valence-electron chi connectivity index (χ3n) is 6.18. The quantitative estimate of drug-likeness (QED) is 0.548. The van der Waals surface area contributed by atoms with E-state index in [1.54, 1.807) is 28.4 Å². The van der Waals surface area contributed by atoms with E-state index in [0.29, 0.717) is 31.4 Å². The highest BCUT2D eigenvalue weighted by Crippen LogP contribution is 2.35. The second-order valence-corrected chi connectivity index (χ2v) is 10.1. The predicted octanol–water partition coefficient (Wildman–Crippen LogP) is 4.68. The molecule has 5 nitrogen and oxygen atoms in total. The van der Waals surface area contributed by atoms with Gasteiger partial charge >= 0.3 is 0 Å². The number of hydrogen-bond acceptors (Lipinski definition) is 4. The fraction of sp³-hybridized carbons (Fsp3) is 0.520. The van der Waals surface area contributed by atoms with Crippen LogP contribution in [0.4, 0.5) is 4.39 Å². The fourth-order valence-electron chi connectivity index (χ4n) is 4.10. The van der Waals surface area contributed by atoms with Crippen molar-refractivity contribution in [2.24, 2.45) is 11.8 Å². The van der Waals surface area contributed by atoms with Gasteiger partial charge in [-0.25, -0.2) is 4.39 Å². The minimum Gasteiger partial charge on any atom is -0.491 e. The number of carbonyl (C=O) groups is 2. The van der Waals surface area contributed by atoms with E-state index in [4.69, 9.17) is 4.74 Å². The van der Waals surface area contributed by atoms with Crippen molar-refractivity contribution in [3.8, 4) is 5.75 Å². The number of benzene rings is 1. The summed E-state index contributed by atoms with van der Waals surface area (Å²) in [6.07, 6.45) is 3.56. The number of nitrogens with zero attached hydrogens (tertiary/aromatic N) is 2. The third kappa shape index (κ3) is 5.49. The maximum Gasteiger partial charge on any atom is 0.242 e. The Kier molecular flexibility index (Phi) is 7.13. The first-order chi connectivity index (χ1) is 15.4. The zero-order valence-corrected chi connectivity index (χ0v) is 19.6. The van der Waals surface area contributed by atoms with Gasteiger partial charge in [-0.1, -0.05) is 13.8 Å². The van der Waals surface area contributed by atoms with Crippen molar-refractivity contribution < 1.29 is 18.7 Å². The molecule has 2 aromatic rings. The molecule has 0 spiro atoms. The van der Waals surface area contributed by atoms with Gasteiger partial charge in [-0.2, -0.15) is 0 Å². The molecule has 1 aromatic heterocycles. The summed E-state index contributed by atoms with van der Waals surface area (Å²) < 4.78 is 19.2. The van der Waals surface area contributed by atoms with Crippen LogP contribution in [-0.2, 0) is 16.0 Å². The van der Waals surface area contributed by atoms with Crippen LogP contribution in [0.15, 0.2) is 35.7 Å². The van der Waals surface area contributed by atoms with Crippen LogP contribution in [0.1, 0.15) is 49.6 Å². The number of ether oxygens (including phenoxy) is 1. The monoisotopic (exact) mass is 458 g/mol. The summed E-state index contributed by atoms with van der Waals surface area (Å²) in [5.41, 5.74) is 1.11. The number of rotatable bonds is 9. The number of fused-ring (bicyclic) bond motifs is 1. The molecule has 1 aliphatic carbocycles. The van der Waals surface area contributed by atoms with E-state index in [1.165, 1.54) is 17.0 Å². The second-order valence-electron chi connectivity index (χ2n) is 9.13. The third-order valence-corrected chi connectivity index (χ3v) is 7.17. The van der Waals surface area contributed by atoms with Crippen LogP contribution in [-0.4, -0.2) is 47.9 Å². The smallest absolute Gasteiger partial charge is 0.242 e. The Morgan fingerprint density at radius 1 is 1.22 bits per heavy atom. The molecule has 1 aromatic carbocycles. The Morgan fingerprint density at radius 2 is 1.97 bits per heavy atom. The van der Waals surface area contributed by atoms with Crippen molar-refractivity contribution in [3.05, 3.63) is 52.0 Å². The molecule has 1 fully saturated rings. The maximum atomic E-state index is 13.4. The number of hydrogen-bond donors (Lipinski definition) is 0. The van der Waals surface area contributed by atoms with Gasteiger partial charge in [0.1, 0.15) is 18.2 Å². The van der Waals surface area contributed by atoms with Gasteiger partial charge in [-0.3, -0.25) is 9.59 Å². The summed E-state index contributed by atoms with van der Waals surface area (Å²) in [5.74, 6) is 0.910. The van der Waals surface area contributed by atoms with Crippen molar-refractivity contribution in [2.75, 3.05) is 26.2 Å². The van der Waals surface area contributed by atoms with Gasteiger partial charge in [0.15, 0.2) is 0 Å². The van der Waals surface area contributed by atoms with Crippen molar-refractivity contribution >= 4 is 23.2 Å². The highest BCUT2D eigenvalue weighted by atomic mass is 32.1. The molecule has 4 rings (SSSR count). The summed E-state index contributed by atoms with van der Waals surface area (Å²) in [6.45, 7) is 5.91. The molecule has 0 unspecified atom stereocenters. The highest BCUT2D eigenvalue weighted by molar-refractivity contribution is 7.10. The van der Waals surface area contributed by atoms with Gasteiger partial charge in [0, 0.05) is 23.9 Å². The van der Waals surface area contributed by atoms with Crippen LogP contribution in [0, 0.1) is 17.7 Å². The van der Waals surface area contributed by atoms with E-state index in [-0.39, 0.29) is 36.1 Å². The van der Waals surface area contributed by atoms with Crippen LogP contribution in [0.5, 0.6) is 5.75 Å². The Balaban J connectivity index is 1.47. The Hall–Kier alpha value is -2.41.